The number of phenols is 1. The van der Waals surface area contributed by atoms with E-state index in [0.29, 0.717) is 17.7 Å². The van der Waals surface area contributed by atoms with Crippen molar-refractivity contribution in [3.63, 3.8) is 0 Å². The fraction of sp³-hybridized carbons (Fsp3) is 0.273. The van der Waals surface area contributed by atoms with Crippen molar-refractivity contribution in [2.75, 3.05) is 13.1 Å². The van der Waals surface area contributed by atoms with Gasteiger partial charge in [0.2, 0.25) is 0 Å². The van der Waals surface area contributed by atoms with Crippen molar-refractivity contribution in [2.24, 2.45) is 5.73 Å². The summed E-state index contributed by atoms with van der Waals surface area (Å²) in [6, 6.07) is 3.96. The summed E-state index contributed by atoms with van der Waals surface area (Å²) >= 11 is 0. The summed E-state index contributed by atoms with van der Waals surface area (Å²) in [7, 11) is 0. The molecule has 0 atom stereocenters. The average Bonchev–Trinajstić information content (AvgIpc) is 2.27. The number of carbonyl (C=O) groups is 2. The molecule has 0 aliphatic rings. The Hall–Kier alpha value is -2.24. The number of nitrogens with two attached hydrogens (primary N) is 1. The number of aromatic hydroxyl groups is 1. The van der Waals surface area contributed by atoms with E-state index in [4.69, 9.17) is 5.73 Å². The molecule has 0 fully saturated rings. The quantitative estimate of drug-likeness (QED) is 0.558. The minimum Gasteiger partial charge on any atom is -0.508 e. The number of hydrogen-bond donors (Lipinski definition) is 4. The molecule has 0 heterocycles. The van der Waals surface area contributed by atoms with Crippen molar-refractivity contribution in [3.8, 4) is 5.75 Å². The lowest BCUT2D eigenvalue weighted by Gasteiger charge is -2.06. The van der Waals surface area contributed by atoms with Gasteiger partial charge in [0.15, 0.2) is 0 Å². The summed E-state index contributed by atoms with van der Waals surface area (Å²) in [5, 5.41) is 14.3. The van der Waals surface area contributed by atoms with Crippen molar-refractivity contribution >= 4 is 11.9 Å². The first-order chi connectivity index (χ1) is 8.00. The number of primary amides is 1. The van der Waals surface area contributed by atoms with E-state index in [9.17, 15) is 14.7 Å². The minimum atomic E-state index is -0.625. The Morgan fingerprint density at radius 1 is 1.29 bits per heavy atom. The van der Waals surface area contributed by atoms with Gasteiger partial charge in [0.05, 0.1) is 0 Å². The van der Waals surface area contributed by atoms with Crippen molar-refractivity contribution < 1.29 is 14.7 Å². The van der Waals surface area contributed by atoms with Gasteiger partial charge >= 0.3 is 6.03 Å². The van der Waals surface area contributed by atoms with E-state index in [2.05, 4.69) is 10.6 Å². The van der Waals surface area contributed by atoms with E-state index in [-0.39, 0.29) is 18.2 Å². The Balaban J connectivity index is 2.47. The highest BCUT2D eigenvalue weighted by atomic mass is 16.3. The summed E-state index contributed by atoms with van der Waals surface area (Å²) in [6.45, 7) is 2.28. The number of phenolic OH excluding ortho intramolecular Hbond substituents is 1. The fourth-order valence-corrected chi connectivity index (χ4v) is 1.26. The molecule has 0 spiro atoms. The van der Waals surface area contributed by atoms with Crippen molar-refractivity contribution in [1.82, 2.24) is 10.6 Å². The zero-order chi connectivity index (χ0) is 12.8. The molecule has 1 aromatic rings. The first kappa shape index (κ1) is 12.8. The first-order valence-corrected chi connectivity index (χ1v) is 5.12. The number of nitrogens with one attached hydrogen (secondary N) is 2. The summed E-state index contributed by atoms with van der Waals surface area (Å²) in [4.78, 5) is 22.0. The van der Waals surface area contributed by atoms with Crippen LogP contribution in [0.15, 0.2) is 18.2 Å². The van der Waals surface area contributed by atoms with Gasteiger partial charge < -0.3 is 21.5 Å². The molecule has 1 rings (SSSR count). The molecule has 17 heavy (non-hydrogen) atoms. The monoisotopic (exact) mass is 237 g/mol. The van der Waals surface area contributed by atoms with Gasteiger partial charge in [-0.05, 0) is 30.7 Å². The van der Waals surface area contributed by atoms with Gasteiger partial charge in [0.25, 0.3) is 5.91 Å². The number of urea groups is 1. The van der Waals surface area contributed by atoms with Gasteiger partial charge in [0, 0.05) is 18.7 Å². The molecular weight excluding hydrogens is 222 g/mol. The molecule has 0 aromatic heterocycles. The zero-order valence-corrected chi connectivity index (χ0v) is 9.49. The molecule has 0 saturated heterocycles. The first-order valence-electron chi connectivity index (χ1n) is 5.12. The molecule has 5 N–H and O–H groups in total. The maximum Gasteiger partial charge on any atom is 0.312 e. The molecule has 0 bridgehead atoms. The molecule has 0 aliphatic heterocycles. The van der Waals surface area contributed by atoms with Crippen LogP contribution in [0.4, 0.5) is 4.79 Å². The molecule has 0 radical (unpaired) electrons. The van der Waals surface area contributed by atoms with Gasteiger partial charge in [-0.1, -0.05) is 0 Å². The standard InChI is InChI=1S/C11H15N3O3/c1-7-6-8(2-3-9(7)15)10(16)13-4-5-14-11(12)17/h2-3,6,15H,4-5H2,1H3,(H,13,16)(H3,12,14,17). The van der Waals surface area contributed by atoms with Crippen molar-refractivity contribution in [2.45, 2.75) is 6.92 Å². The average molecular weight is 237 g/mol. The Kier molecular flexibility index (Phi) is 4.33. The highest BCUT2D eigenvalue weighted by Crippen LogP contribution is 2.16. The summed E-state index contributed by atoms with van der Waals surface area (Å²) in [5.74, 6) is -0.115. The molecule has 6 heteroatoms. The van der Waals surface area contributed by atoms with Crippen molar-refractivity contribution in [3.05, 3.63) is 29.3 Å². The summed E-state index contributed by atoms with van der Waals surface area (Å²) in [6.07, 6.45) is 0. The number of hydrogen-bond acceptors (Lipinski definition) is 3. The molecule has 3 amide bonds. The lowest BCUT2D eigenvalue weighted by Crippen LogP contribution is -2.37. The maximum absolute atomic E-state index is 11.6. The second-order valence-corrected chi connectivity index (χ2v) is 3.55. The molecule has 6 nitrogen and oxygen atoms in total. The number of amides is 3. The zero-order valence-electron chi connectivity index (χ0n) is 9.49. The second kappa shape index (κ2) is 5.74. The third kappa shape index (κ3) is 4.02. The van der Waals surface area contributed by atoms with Crippen LogP contribution in [-0.4, -0.2) is 30.1 Å². The van der Waals surface area contributed by atoms with Crippen LogP contribution in [0.1, 0.15) is 15.9 Å². The van der Waals surface area contributed by atoms with E-state index in [1.165, 1.54) is 12.1 Å². The molecule has 0 saturated carbocycles. The van der Waals surface area contributed by atoms with Crippen LogP contribution in [0.3, 0.4) is 0 Å². The topological polar surface area (TPSA) is 104 Å². The van der Waals surface area contributed by atoms with Crippen LogP contribution in [0.5, 0.6) is 5.75 Å². The van der Waals surface area contributed by atoms with Crippen LogP contribution >= 0.6 is 0 Å². The van der Waals surface area contributed by atoms with E-state index in [1.54, 1.807) is 13.0 Å². The predicted molar refractivity (Wildman–Crippen MR) is 62.8 cm³/mol. The Morgan fingerprint density at radius 2 is 1.94 bits per heavy atom. The van der Waals surface area contributed by atoms with Crippen LogP contribution in [0.2, 0.25) is 0 Å². The number of aryl methyl sites for hydroxylation is 1. The Bertz CT molecular complexity index is 432. The lowest BCUT2D eigenvalue weighted by atomic mass is 10.1. The van der Waals surface area contributed by atoms with Gasteiger partial charge in [0.1, 0.15) is 5.75 Å². The number of benzene rings is 1. The Labute approximate surface area is 98.8 Å². The fourth-order valence-electron chi connectivity index (χ4n) is 1.26. The van der Waals surface area contributed by atoms with E-state index < -0.39 is 6.03 Å². The van der Waals surface area contributed by atoms with Gasteiger partial charge in [-0.15, -0.1) is 0 Å². The number of carbonyl (C=O) groups excluding carboxylic acids is 2. The smallest absolute Gasteiger partial charge is 0.312 e. The van der Waals surface area contributed by atoms with E-state index >= 15 is 0 Å². The van der Waals surface area contributed by atoms with Gasteiger partial charge in [-0.2, -0.15) is 0 Å². The normalized spacial score (nSPS) is 9.71. The minimum absolute atomic E-state index is 0.150. The van der Waals surface area contributed by atoms with E-state index in [1.807, 2.05) is 0 Å². The van der Waals surface area contributed by atoms with Gasteiger partial charge in [-0.3, -0.25) is 4.79 Å². The Morgan fingerprint density at radius 3 is 2.53 bits per heavy atom. The highest BCUT2D eigenvalue weighted by molar-refractivity contribution is 5.94. The highest BCUT2D eigenvalue weighted by Gasteiger charge is 2.06. The lowest BCUT2D eigenvalue weighted by molar-refractivity contribution is 0.0954. The second-order valence-electron chi connectivity index (χ2n) is 3.55. The largest absolute Gasteiger partial charge is 0.508 e. The molecule has 1 aromatic carbocycles. The molecule has 0 unspecified atom stereocenters. The third-order valence-corrected chi connectivity index (χ3v) is 2.17. The third-order valence-electron chi connectivity index (χ3n) is 2.17. The molecule has 92 valence electrons. The van der Waals surface area contributed by atoms with Crippen molar-refractivity contribution in [1.29, 1.82) is 0 Å². The summed E-state index contributed by atoms with van der Waals surface area (Å²) in [5.41, 5.74) is 5.96. The number of rotatable bonds is 4. The van der Waals surface area contributed by atoms with Crippen LogP contribution < -0.4 is 16.4 Å². The van der Waals surface area contributed by atoms with E-state index in [0.717, 1.165) is 0 Å². The summed E-state index contributed by atoms with van der Waals surface area (Å²) < 4.78 is 0. The van der Waals surface area contributed by atoms with Crippen LogP contribution in [0.25, 0.3) is 0 Å². The van der Waals surface area contributed by atoms with Gasteiger partial charge in [-0.25, -0.2) is 4.79 Å². The van der Waals surface area contributed by atoms with Crippen LogP contribution in [0, 0.1) is 6.92 Å². The molecular formula is C11H15N3O3. The van der Waals surface area contributed by atoms with Crippen LogP contribution in [-0.2, 0) is 0 Å². The SMILES string of the molecule is Cc1cc(C(=O)NCCNC(N)=O)ccc1O. The maximum atomic E-state index is 11.6. The molecule has 0 aliphatic carbocycles. The predicted octanol–water partition coefficient (Wildman–Crippen LogP) is 0.0987.